The van der Waals surface area contributed by atoms with Gasteiger partial charge in [-0.3, -0.25) is 0 Å². The number of nitrogens with two attached hydrogens (primary N) is 1. The van der Waals surface area contributed by atoms with Crippen molar-refractivity contribution in [1.29, 1.82) is 0 Å². The molecule has 17 heavy (non-hydrogen) atoms. The molecule has 2 N–H and O–H groups in total. The Morgan fingerprint density at radius 2 is 2.00 bits per heavy atom. The molecule has 2 aromatic rings. The van der Waals surface area contributed by atoms with E-state index in [0.717, 1.165) is 22.6 Å². The predicted molar refractivity (Wildman–Crippen MR) is 67.3 cm³/mol. The Labute approximate surface area is 101 Å². The topological polar surface area (TPSA) is 51.8 Å². The summed E-state index contributed by atoms with van der Waals surface area (Å²) in [6.45, 7) is 0.541. The van der Waals surface area contributed by atoms with Crippen LogP contribution in [0.1, 0.15) is 30.1 Å². The number of aromatic nitrogens is 2. The van der Waals surface area contributed by atoms with Gasteiger partial charge in [0, 0.05) is 24.2 Å². The minimum absolute atomic E-state index is 0.541. The molecule has 1 aliphatic rings. The summed E-state index contributed by atoms with van der Waals surface area (Å²) in [4.78, 5) is 8.99. The van der Waals surface area contributed by atoms with E-state index in [0.29, 0.717) is 12.5 Å². The average Bonchev–Trinajstić information content (AvgIpc) is 3.23. The molecule has 0 amide bonds. The molecule has 3 rings (SSSR count). The van der Waals surface area contributed by atoms with Gasteiger partial charge in [0.15, 0.2) is 0 Å². The fraction of sp³-hybridized carbons (Fsp3) is 0.286. The molecule has 0 radical (unpaired) electrons. The van der Waals surface area contributed by atoms with E-state index in [1.807, 2.05) is 30.5 Å². The van der Waals surface area contributed by atoms with Crippen LogP contribution in [0.4, 0.5) is 0 Å². The standard InChI is InChI=1S/C14H15N3/c15-9-11-3-1-2-4-12(11)13-7-8-16-14(17-13)10-5-6-10/h1-4,7-8,10H,5-6,9,15H2. The molecule has 1 heterocycles. The van der Waals surface area contributed by atoms with E-state index in [4.69, 9.17) is 5.73 Å². The van der Waals surface area contributed by atoms with Crippen LogP contribution in [0.3, 0.4) is 0 Å². The van der Waals surface area contributed by atoms with Gasteiger partial charge >= 0.3 is 0 Å². The SMILES string of the molecule is NCc1ccccc1-c1ccnc(C2CC2)n1. The summed E-state index contributed by atoms with van der Waals surface area (Å²) < 4.78 is 0. The highest BCUT2D eigenvalue weighted by molar-refractivity contribution is 5.63. The highest BCUT2D eigenvalue weighted by Crippen LogP contribution is 2.38. The Hall–Kier alpha value is -1.74. The fourth-order valence-electron chi connectivity index (χ4n) is 2.01. The number of rotatable bonds is 3. The number of nitrogens with zero attached hydrogens (tertiary/aromatic N) is 2. The van der Waals surface area contributed by atoms with Gasteiger partial charge in [-0.2, -0.15) is 0 Å². The van der Waals surface area contributed by atoms with Gasteiger partial charge in [0.25, 0.3) is 0 Å². The molecule has 1 aliphatic carbocycles. The Bertz CT molecular complexity index is 532. The lowest BCUT2D eigenvalue weighted by Gasteiger charge is -2.07. The van der Waals surface area contributed by atoms with Gasteiger partial charge in [-0.1, -0.05) is 24.3 Å². The van der Waals surface area contributed by atoms with Crippen molar-refractivity contribution in [2.45, 2.75) is 25.3 Å². The van der Waals surface area contributed by atoms with E-state index >= 15 is 0 Å². The molecule has 1 fully saturated rings. The third-order valence-electron chi connectivity index (χ3n) is 3.13. The molecule has 0 bridgehead atoms. The number of hydrogen-bond donors (Lipinski definition) is 1. The van der Waals surface area contributed by atoms with Gasteiger partial charge < -0.3 is 5.73 Å². The van der Waals surface area contributed by atoms with Crippen molar-refractivity contribution in [3.63, 3.8) is 0 Å². The molecule has 0 unspecified atom stereocenters. The second-order valence-electron chi connectivity index (χ2n) is 4.44. The molecule has 1 saturated carbocycles. The van der Waals surface area contributed by atoms with Crippen LogP contribution in [-0.4, -0.2) is 9.97 Å². The van der Waals surface area contributed by atoms with Crippen LogP contribution < -0.4 is 5.73 Å². The van der Waals surface area contributed by atoms with Crippen LogP contribution in [0, 0.1) is 0 Å². The highest BCUT2D eigenvalue weighted by atomic mass is 14.9. The third kappa shape index (κ3) is 2.06. The lowest BCUT2D eigenvalue weighted by molar-refractivity contribution is 0.928. The first kappa shape index (κ1) is 10.4. The molecule has 3 nitrogen and oxygen atoms in total. The monoisotopic (exact) mass is 225 g/mol. The fourth-order valence-corrected chi connectivity index (χ4v) is 2.01. The van der Waals surface area contributed by atoms with E-state index < -0.39 is 0 Å². The molecule has 0 atom stereocenters. The normalized spacial score (nSPS) is 14.9. The smallest absolute Gasteiger partial charge is 0.132 e. The van der Waals surface area contributed by atoms with Gasteiger partial charge in [-0.05, 0) is 24.5 Å². The van der Waals surface area contributed by atoms with Crippen LogP contribution in [-0.2, 0) is 6.54 Å². The maximum atomic E-state index is 5.75. The first-order valence-corrected chi connectivity index (χ1v) is 6.00. The zero-order chi connectivity index (χ0) is 11.7. The van der Waals surface area contributed by atoms with Crippen molar-refractivity contribution in [3.05, 3.63) is 47.9 Å². The molecule has 86 valence electrons. The average molecular weight is 225 g/mol. The maximum absolute atomic E-state index is 5.75. The van der Waals surface area contributed by atoms with E-state index in [2.05, 4.69) is 16.0 Å². The Kier molecular flexibility index (Phi) is 2.61. The van der Waals surface area contributed by atoms with E-state index in [-0.39, 0.29) is 0 Å². The predicted octanol–water partition coefficient (Wildman–Crippen LogP) is 2.48. The minimum Gasteiger partial charge on any atom is -0.326 e. The molecular weight excluding hydrogens is 210 g/mol. The number of benzene rings is 1. The molecule has 0 aliphatic heterocycles. The lowest BCUT2D eigenvalue weighted by atomic mass is 10.0. The second kappa shape index (κ2) is 4.26. The quantitative estimate of drug-likeness (QED) is 0.873. The van der Waals surface area contributed by atoms with Crippen molar-refractivity contribution >= 4 is 0 Å². The van der Waals surface area contributed by atoms with Crippen LogP contribution in [0.5, 0.6) is 0 Å². The Morgan fingerprint density at radius 1 is 1.18 bits per heavy atom. The van der Waals surface area contributed by atoms with E-state index in [1.165, 1.54) is 12.8 Å². The van der Waals surface area contributed by atoms with Crippen LogP contribution in [0.15, 0.2) is 36.5 Å². The van der Waals surface area contributed by atoms with Gasteiger partial charge in [0.05, 0.1) is 5.69 Å². The van der Waals surface area contributed by atoms with Crippen molar-refractivity contribution in [3.8, 4) is 11.3 Å². The first-order chi connectivity index (χ1) is 8.38. The summed E-state index contributed by atoms with van der Waals surface area (Å²) in [5.74, 6) is 1.56. The molecular formula is C14H15N3. The van der Waals surface area contributed by atoms with Crippen LogP contribution >= 0.6 is 0 Å². The van der Waals surface area contributed by atoms with Gasteiger partial charge in [-0.25, -0.2) is 9.97 Å². The summed E-state index contributed by atoms with van der Waals surface area (Å²) in [5, 5.41) is 0. The molecule has 3 heteroatoms. The van der Waals surface area contributed by atoms with Gasteiger partial charge in [0.1, 0.15) is 5.82 Å². The molecule has 0 saturated heterocycles. The summed E-state index contributed by atoms with van der Waals surface area (Å²) in [7, 11) is 0. The van der Waals surface area contributed by atoms with E-state index in [9.17, 15) is 0 Å². The third-order valence-corrected chi connectivity index (χ3v) is 3.13. The largest absolute Gasteiger partial charge is 0.326 e. The highest BCUT2D eigenvalue weighted by Gasteiger charge is 2.26. The van der Waals surface area contributed by atoms with Crippen molar-refractivity contribution in [2.75, 3.05) is 0 Å². The lowest BCUT2D eigenvalue weighted by Crippen LogP contribution is -2.01. The zero-order valence-corrected chi connectivity index (χ0v) is 9.63. The zero-order valence-electron chi connectivity index (χ0n) is 9.63. The summed E-state index contributed by atoms with van der Waals surface area (Å²) in [6.07, 6.45) is 4.30. The molecule has 1 aromatic heterocycles. The van der Waals surface area contributed by atoms with Gasteiger partial charge in [0.2, 0.25) is 0 Å². The summed E-state index contributed by atoms with van der Waals surface area (Å²) in [6, 6.07) is 10.1. The Morgan fingerprint density at radius 3 is 2.76 bits per heavy atom. The van der Waals surface area contributed by atoms with Crippen molar-refractivity contribution in [2.24, 2.45) is 5.73 Å². The Balaban J connectivity index is 2.04. The van der Waals surface area contributed by atoms with Crippen molar-refractivity contribution < 1.29 is 0 Å². The summed E-state index contributed by atoms with van der Waals surface area (Å²) >= 11 is 0. The minimum atomic E-state index is 0.541. The van der Waals surface area contributed by atoms with Crippen molar-refractivity contribution in [1.82, 2.24) is 9.97 Å². The van der Waals surface area contributed by atoms with Crippen LogP contribution in [0.2, 0.25) is 0 Å². The maximum Gasteiger partial charge on any atom is 0.132 e. The summed E-state index contributed by atoms with van der Waals surface area (Å²) in [5.41, 5.74) is 9.00. The van der Waals surface area contributed by atoms with Gasteiger partial charge in [-0.15, -0.1) is 0 Å². The van der Waals surface area contributed by atoms with Crippen LogP contribution in [0.25, 0.3) is 11.3 Å². The molecule has 1 aromatic carbocycles. The number of hydrogen-bond acceptors (Lipinski definition) is 3. The second-order valence-corrected chi connectivity index (χ2v) is 4.44. The first-order valence-electron chi connectivity index (χ1n) is 6.00. The molecule has 0 spiro atoms. The van der Waals surface area contributed by atoms with E-state index in [1.54, 1.807) is 0 Å².